The van der Waals surface area contributed by atoms with Crippen molar-refractivity contribution in [3.8, 4) is 0 Å². The Kier molecular flexibility index (Phi) is 5.70. The van der Waals surface area contributed by atoms with Crippen LogP contribution in [0.5, 0.6) is 0 Å². The number of hydrogen-bond donors (Lipinski definition) is 3. The second-order valence-electron chi connectivity index (χ2n) is 6.92. The Morgan fingerprint density at radius 1 is 1.44 bits per heavy atom. The lowest BCUT2D eigenvalue weighted by Crippen LogP contribution is -2.31. The Hall–Kier alpha value is -2.54. The zero-order valence-electron chi connectivity index (χ0n) is 15.3. The number of carbonyl (C=O) groups excluding carboxylic acids is 1. The summed E-state index contributed by atoms with van der Waals surface area (Å²) in [5, 5.41) is 15.9. The molecule has 27 heavy (non-hydrogen) atoms. The molecule has 144 valence electrons. The number of carboxylic acid groups (broad SMARTS) is 1. The van der Waals surface area contributed by atoms with Crippen LogP contribution < -0.4 is 15.5 Å². The zero-order chi connectivity index (χ0) is 19.6. The van der Waals surface area contributed by atoms with Crippen LogP contribution in [-0.4, -0.2) is 41.7 Å². The molecule has 1 aliphatic heterocycles. The Morgan fingerprint density at radius 2 is 2.22 bits per heavy atom. The number of nitrogens with one attached hydrogen (secondary N) is 2. The predicted molar refractivity (Wildman–Crippen MR) is 105 cm³/mol. The molecule has 0 unspecified atom stereocenters. The lowest BCUT2D eigenvalue weighted by atomic mass is 10.1. The topological polar surface area (TPSA) is 94.6 Å². The summed E-state index contributed by atoms with van der Waals surface area (Å²) in [5.74, 6) is 1.03. The summed E-state index contributed by atoms with van der Waals surface area (Å²) in [5.41, 5.74) is 1.51. The number of rotatable bonds is 5. The number of halogens is 1. The third kappa shape index (κ3) is 4.42. The van der Waals surface area contributed by atoms with Crippen LogP contribution in [-0.2, 0) is 4.79 Å². The van der Waals surface area contributed by atoms with Gasteiger partial charge in [-0.2, -0.15) is 0 Å². The van der Waals surface area contributed by atoms with E-state index in [1.165, 1.54) is 6.92 Å². The molecule has 0 aliphatic carbocycles. The molecule has 0 spiro atoms. The maximum absolute atomic E-state index is 11.2. The molecule has 1 aliphatic rings. The highest BCUT2D eigenvalue weighted by molar-refractivity contribution is 6.35. The Bertz CT molecular complexity index is 873. The summed E-state index contributed by atoms with van der Waals surface area (Å²) in [4.78, 5) is 29.2. The van der Waals surface area contributed by atoms with Gasteiger partial charge in [-0.25, -0.2) is 9.78 Å². The van der Waals surface area contributed by atoms with Crippen molar-refractivity contribution in [3.05, 3.63) is 34.9 Å². The van der Waals surface area contributed by atoms with Crippen molar-refractivity contribution in [2.24, 2.45) is 5.92 Å². The number of carbonyl (C=O) groups is 2. The largest absolute Gasteiger partial charge is 0.465 e. The van der Waals surface area contributed by atoms with Crippen LogP contribution in [0.3, 0.4) is 0 Å². The summed E-state index contributed by atoms with van der Waals surface area (Å²) in [6, 6.07) is 7.10. The SMILES string of the molecule is CC(=O)NC[C@@H]1CCN(c2nc3c(Cl)cccc3cc2[C@H](C)NC(=O)O)C1. The molecule has 1 fully saturated rings. The Labute approximate surface area is 162 Å². The molecule has 0 radical (unpaired) electrons. The Balaban J connectivity index is 1.95. The molecule has 0 bridgehead atoms. The van der Waals surface area contributed by atoms with Gasteiger partial charge in [0.25, 0.3) is 0 Å². The van der Waals surface area contributed by atoms with E-state index in [9.17, 15) is 9.59 Å². The molecule has 2 aromatic rings. The molecular formula is C19H23ClN4O3. The third-order valence-corrected chi connectivity index (χ3v) is 5.14. The van der Waals surface area contributed by atoms with Crippen LogP contribution in [0.25, 0.3) is 10.9 Å². The molecule has 3 rings (SSSR count). The number of para-hydroxylation sites is 1. The molecule has 1 saturated heterocycles. The van der Waals surface area contributed by atoms with Crippen LogP contribution >= 0.6 is 11.6 Å². The molecule has 2 heterocycles. The first-order valence-electron chi connectivity index (χ1n) is 8.93. The van der Waals surface area contributed by atoms with E-state index in [0.717, 1.165) is 36.3 Å². The highest BCUT2D eigenvalue weighted by Crippen LogP contribution is 2.33. The number of aromatic nitrogens is 1. The van der Waals surface area contributed by atoms with Crippen LogP contribution in [0.15, 0.2) is 24.3 Å². The normalized spacial score (nSPS) is 17.7. The number of benzene rings is 1. The standard InChI is InChI=1S/C19H23ClN4O3/c1-11(22-19(26)27)15-8-14-4-3-5-16(20)17(14)23-18(15)24-7-6-13(10-24)9-21-12(2)25/h3-5,8,11,13,22H,6-7,9-10H2,1-2H3,(H,21,25)(H,26,27)/t11-,13-/m0/s1. The van der Waals surface area contributed by atoms with Crippen molar-refractivity contribution in [1.29, 1.82) is 0 Å². The second kappa shape index (κ2) is 8.00. The summed E-state index contributed by atoms with van der Waals surface area (Å²) in [7, 11) is 0. The lowest BCUT2D eigenvalue weighted by molar-refractivity contribution is -0.119. The number of pyridine rings is 1. The predicted octanol–water partition coefficient (Wildman–Crippen LogP) is 3.18. The first kappa shape index (κ1) is 19.2. The quantitative estimate of drug-likeness (QED) is 0.728. The Morgan fingerprint density at radius 3 is 2.93 bits per heavy atom. The van der Waals surface area contributed by atoms with Crippen molar-refractivity contribution >= 4 is 40.3 Å². The number of anilines is 1. The number of hydrogen-bond acceptors (Lipinski definition) is 4. The fourth-order valence-electron chi connectivity index (χ4n) is 3.48. The maximum Gasteiger partial charge on any atom is 0.405 e. The van der Waals surface area contributed by atoms with Gasteiger partial charge in [-0.05, 0) is 31.4 Å². The van der Waals surface area contributed by atoms with Crippen LogP contribution in [0.1, 0.15) is 31.9 Å². The smallest absolute Gasteiger partial charge is 0.405 e. The van der Waals surface area contributed by atoms with Crippen molar-refractivity contribution < 1.29 is 14.7 Å². The summed E-state index contributed by atoms with van der Waals surface area (Å²) in [6.07, 6.45) is -0.146. The highest BCUT2D eigenvalue weighted by atomic mass is 35.5. The maximum atomic E-state index is 11.2. The van der Waals surface area contributed by atoms with Crippen LogP contribution in [0.2, 0.25) is 5.02 Å². The van der Waals surface area contributed by atoms with Crippen molar-refractivity contribution in [1.82, 2.24) is 15.6 Å². The van der Waals surface area contributed by atoms with Gasteiger partial charge < -0.3 is 20.6 Å². The number of nitrogens with zero attached hydrogens (tertiary/aromatic N) is 2. The van der Waals surface area contributed by atoms with Gasteiger partial charge in [0.05, 0.1) is 16.6 Å². The first-order valence-corrected chi connectivity index (χ1v) is 9.31. The van der Waals surface area contributed by atoms with E-state index in [1.54, 1.807) is 13.0 Å². The van der Waals surface area contributed by atoms with Gasteiger partial charge >= 0.3 is 6.09 Å². The van der Waals surface area contributed by atoms with Crippen molar-refractivity contribution in [2.45, 2.75) is 26.3 Å². The van der Waals surface area contributed by atoms with Gasteiger partial charge in [0.2, 0.25) is 5.91 Å². The average Bonchev–Trinajstić information content (AvgIpc) is 3.07. The molecule has 2 amide bonds. The molecule has 1 aromatic carbocycles. The highest BCUT2D eigenvalue weighted by Gasteiger charge is 2.27. The van der Waals surface area contributed by atoms with Crippen LogP contribution in [0, 0.1) is 5.92 Å². The average molecular weight is 391 g/mol. The zero-order valence-corrected chi connectivity index (χ0v) is 16.1. The van der Waals surface area contributed by atoms with Gasteiger partial charge in [-0.15, -0.1) is 0 Å². The summed E-state index contributed by atoms with van der Waals surface area (Å²) < 4.78 is 0. The van der Waals surface area contributed by atoms with Gasteiger partial charge in [0, 0.05) is 37.5 Å². The molecule has 7 nitrogen and oxygen atoms in total. The van der Waals surface area contributed by atoms with Crippen LogP contribution in [0.4, 0.5) is 10.6 Å². The van der Waals surface area contributed by atoms with E-state index < -0.39 is 12.1 Å². The number of amides is 2. The van der Waals surface area contributed by atoms with Gasteiger partial charge in [0.1, 0.15) is 5.82 Å². The fourth-order valence-corrected chi connectivity index (χ4v) is 3.71. The van der Waals surface area contributed by atoms with E-state index >= 15 is 0 Å². The third-order valence-electron chi connectivity index (χ3n) is 4.84. The minimum Gasteiger partial charge on any atom is -0.465 e. The van der Waals surface area contributed by atoms with E-state index in [4.69, 9.17) is 21.7 Å². The van der Waals surface area contributed by atoms with Gasteiger partial charge in [-0.3, -0.25) is 4.79 Å². The molecule has 3 N–H and O–H groups in total. The molecule has 8 heteroatoms. The van der Waals surface area contributed by atoms with Gasteiger partial charge in [0.15, 0.2) is 0 Å². The first-order chi connectivity index (χ1) is 12.8. The minimum atomic E-state index is -1.08. The lowest BCUT2D eigenvalue weighted by Gasteiger charge is -2.24. The minimum absolute atomic E-state index is 0.0379. The second-order valence-corrected chi connectivity index (χ2v) is 7.33. The molecular weight excluding hydrogens is 368 g/mol. The fraction of sp³-hybridized carbons (Fsp3) is 0.421. The van der Waals surface area contributed by atoms with E-state index in [0.29, 0.717) is 23.0 Å². The van der Waals surface area contributed by atoms with E-state index in [-0.39, 0.29) is 5.91 Å². The van der Waals surface area contributed by atoms with E-state index in [1.807, 2.05) is 18.2 Å². The molecule has 0 saturated carbocycles. The monoisotopic (exact) mass is 390 g/mol. The number of fused-ring (bicyclic) bond motifs is 1. The van der Waals surface area contributed by atoms with Crippen molar-refractivity contribution in [3.63, 3.8) is 0 Å². The van der Waals surface area contributed by atoms with E-state index in [2.05, 4.69) is 15.5 Å². The van der Waals surface area contributed by atoms with Crippen molar-refractivity contribution in [2.75, 3.05) is 24.5 Å². The summed E-state index contributed by atoms with van der Waals surface area (Å²) in [6.45, 7) is 5.47. The molecule has 1 aromatic heterocycles. The molecule has 2 atom stereocenters. The summed E-state index contributed by atoms with van der Waals surface area (Å²) >= 11 is 6.33. The van der Waals surface area contributed by atoms with Gasteiger partial charge in [-0.1, -0.05) is 23.7 Å².